The molecule has 0 saturated heterocycles. The topological polar surface area (TPSA) is 26.3 Å². The van der Waals surface area contributed by atoms with E-state index in [4.69, 9.17) is 4.74 Å². The largest absolute Gasteiger partial charge is 0.497 e. The third-order valence-corrected chi connectivity index (χ3v) is 4.53. The molecule has 0 aliphatic heterocycles. The molecule has 3 rings (SSSR count). The molecule has 0 bridgehead atoms. The number of rotatable bonds is 3. The van der Waals surface area contributed by atoms with Crippen molar-refractivity contribution in [1.29, 1.82) is 0 Å². The van der Waals surface area contributed by atoms with Crippen molar-refractivity contribution in [2.24, 2.45) is 0 Å². The van der Waals surface area contributed by atoms with Crippen molar-refractivity contribution in [2.45, 2.75) is 31.1 Å². The minimum Gasteiger partial charge on any atom is -0.497 e. The first-order valence-electron chi connectivity index (χ1n) is 7.51. The van der Waals surface area contributed by atoms with Crippen LogP contribution in [0.4, 0.5) is 0 Å². The molecule has 0 spiro atoms. The zero-order valence-electron chi connectivity index (χ0n) is 12.3. The van der Waals surface area contributed by atoms with Gasteiger partial charge < -0.3 is 4.74 Å². The van der Waals surface area contributed by atoms with Gasteiger partial charge in [-0.25, -0.2) is 0 Å². The lowest BCUT2D eigenvalue weighted by atomic mass is 9.64. The Labute approximate surface area is 125 Å². The Morgan fingerprint density at radius 2 is 1.57 bits per heavy atom. The quantitative estimate of drug-likeness (QED) is 0.845. The molecule has 1 unspecified atom stereocenters. The van der Waals surface area contributed by atoms with E-state index in [0.29, 0.717) is 12.2 Å². The average molecular weight is 280 g/mol. The van der Waals surface area contributed by atoms with Gasteiger partial charge in [0.05, 0.1) is 12.5 Å². The van der Waals surface area contributed by atoms with Gasteiger partial charge in [0.2, 0.25) is 0 Å². The molecule has 0 heterocycles. The maximum atomic E-state index is 12.8. The highest BCUT2D eigenvalue weighted by atomic mass is 16.5. The fourth-order valence-electron chi connectivity index (χ4n) is 3.40. The van der Waals surface area contributed by atoms with Crippen LogP contribution in [0.2, 0.25) is 0 Å². The van der Waals surface area contributed by atoms with Crippen molar-refractivity contribution >= 4 is 5.78 Å². The van der Waals surface area contributed by atoms with Crippen molar-refractivity contribution in [3.8, 4) is 5.75 Å². The van der Waals surface area contributed by atoms with Crippen molar-refractivity contribution < 1.29 is 9.53 Å². The summed E-state index contributed by atoms with van der Waals surface area (Å²) in [5.41, 5.74) is 1.71. The monoisotopic (exact) mass is 280 g/mol. The van der Waals surface area contributed by atoms with Crippen molar-refractivity contribution in [1.82, 2.24) is 0 Å². The van der Waals surface area contributed by atoms with Gasteiger partial charge in [0.1, 0.15) is 11.5 Å². The summed E-state index contributed by atoms with van der Waals surface area (Å²) in [6, 6.07) is 18.2. The normalized spacial score (nSPS) is 22.0. The van der Waals surface area contributed by atoms with Crippen LogP contribution < -0.4 is 4.74 Å². The van der Waals surface area contributed by atoms with Crippen LogP contribution in [0, 0.1) is 0 Å². The number of Topliss-reactive ketones (excluding diaryl/α,β-unsaturated/α-hetero) is 1. The maximum absolute atomic E-state index is 12.8. The SMILES string of the molecule is COc1ccc(C2(c3ccccc3)CCCCC2=O)cc1. The fraction of sp³-hybridized carbons (Fsp3) is 0.316. The van der Waals surface area contributed by atoms with Crippen LogP contribution in [-0.4, -0.2) is 12.9 Å². The number of ketones is 1. The number of ether oxygens (including phenoxy) is 1. The van der Waals surface area contributed by atoms with Crippen LogP contribution in [0.1, 0.15) is 36.8 Å². The summed E-state index contributed by atoms with van der Waals surface area (Å²) in [4.78, 5) is 12.8. The van der Waals surface area contributed by atoms with Crippen LogP contribution in [-0.2, 0) is 10.2 Å². The molecule has 0 aromatic heterocycles. The molecule has 2 nitrogen and oxygen atoms in total. The van der Waals surface area contributed by atoms with Gasteiger partial charge in [-0.15, -0.1) is 0 Å². The lowest BCUT2D eigenvalue weighted by Gasteiger charge is -2.37. The molecule has 2 aromatic rings. The van der Waals surface area contributed by atoms with Gasteiger partial charge in [0.25, 0.3) is 0 Å². The molecule has 0 amide bonds. The Balaban J connectivity index is 2.13. The van der Waals surface area contributed by atoms with E-state index in [-0.39, 0.29) is 0 Å². The van der Waals surface area contributed by atoms with E-state index in [1.807, 2.05) is 42.5 Å². The van der Waals surface area contributed by atoms with Gasteiger partial charge in [-0.3, -0.25) is 4.79 Å². The van der Waals surface area contributed by atoms with Crippen LogP contribution in [0.25, 0.3) is 0 Å². The number of hydrogen-bond acceptors (Lipinski definition) is 2. The molecule has 1 saturated carbocycles. The van der Waals surface area contributed by atoms with E-state index in [0.717, 1.165) is 36.1 Å². The van der Waals surface area contributed by atoms with Gasteiger partial charge in [0, 0.05) is 6.42 Å². The first-order chi connectivity index (χ1) is 10.3. The van der Waals surface area contributed by atoms with Gasteiger partial charge in [-0.1, -0.05) is 48.9 Å². The standard InChI is InChI=1S/C19H20O2/c1-21-17-12-10-16(11-13-17)19(14-6-5-9-18(19)20)15-7-3-2-4-8-15/h2-4,7-8,10-13H,5-6,9,14H2,1H3. The lowest BCUT2D eigenvalue weighted by molar-refractivity contribution is -0.125. The van der Waals surface area contributed by atoms with Gasteiger partial charge in [-0.05, 0) is 36.1 Å². The third-order valence-electron chi connectivity index (χ3n) is 4.53. The smallest absolute Gasteiger partial charge is 0.147 e. The summed E-state index contributed by atoms with van der Waals surface area (Å²) in [7, 11) is 1.66. The molecule has 21 heavy (non-hydrogen) atoms. The predicted molar refractivity (Wildman–Crippen MR) is 83.7 cm³/mol. The minimum atomic E-state index is -0.480. The Hall–Kier alpha value is -2.09. The van der Waals surface area contributed by atoms with E-state index in [9.17, 15) is 4.79 Å². The maximum Gasteiger partial charge on any atom is 0.147 e. The van der Waals surface area contributed by atoms with E-state index in [1.165, 1.54) is 0 Å². The summed E-state index contributed by atoms with van der Waals surface area (Å²) in [5, 5.41) is 0. The van der Waals surface area contributed by atoms with E-state index in [1.54, 1.807) is 7.11 Å². The number of hydrogen-bond donors (Lipinski definition) is 0. The van der Waals surface area contributed by atoms with Gasteiger partial charge in [0.15, 0.2) is 0 Å². The molecular weight excluding hydrogens is 260 g/mol. The zero-order chi connectivity index (χ0) is 14.7. The molecule has 0 radical (unpaired) electrons. The van der Waals surface area contributed by atoms with Crippen LogP contribution in [0.3, 0.4) is 0 Å². The van der Waals surface area contributed by atoms with Crippen LogP contribution in [0.15, 0.2) is 54.6 Å². The lowest BCUT2D eigenvalue weighted by Crippen LogP contribution is -2.39. The minimum absolute atomic E-state index is 0.338. The van der Waals surface area contributed by atoms with Crippen molar-refractivity contribution in [3.63, 3.8) is 0 Å². The second kappa shape index (κ2) is 5.72. The van der Waals surface area contributed by atoms with Crippen LogP contribution in [0.5, 0.6) is 5.75 Å². The first-order valence-corrected chi connectivity index (χ1v) is 7.51. The molecule has 1 fully saturated rings. The highest BCUT2D eigenvalue weighted by molar-refractivity contribution is 5.94. The number of carbonyl (C=O) groups is 1. The molecule has 1 aliphatic carbocycles. The molecule has 108 valence electrons. The summed E-state index contributed by atoms with van der Waals surface area (Å²) in [5.74, 6) is 1.16. The number of methoxy groups -OCH3 is 1. The van der Waals surface area contributed by atoms with Gasteiger partial charge >= 0.3 is 0 Å². The third kappa shape index (κ3) is 2.35. The summed E-state index contributed by atoms with van der Waals surface area (Å²) >= 11 is 0. The molecular formula is C19H20O2. The van der Waals surface area contributed by atoms with Crippen LogP contribution >= 0.6 is 0 Å². The van der Waals surface area contributed by atoms with E-state index >= 15 is 0 Å². The Morgan fingerprint density at radius 1 is 0.905 bits per heavy atom. The van der Waals surface area contributed by atoms with E-state index < -0.39 is 5.41 Å². The summed E-state index contributed by atoms with van der Waals surface area (Å²) in [6.07, 6.45) is 3.65. The van der Waals surface area contributed by atoms with Crippen molar-refractivity contribution in [3.05, 3.63) is 65.7 Å². The molecule has 2 aromatic carbocycles. The zero-order valence-corrected chi connectivity index (χ0v) is 12.3. The second-order valence-corrected chi connectivity index (χ2v) is 5.63. The highest BCUT2D eigenvalue weighted by Gasteiger charge is 2.42. The number of benzene rings is 2. The average Bonchev–Trinajstić information content (AvgIpc) is 2.56. The molecule has 0 N–H and O–H groups in total. The number of carbonyl (C=O) groups excluding carboxylic acids is 1. The van der Waals surface area contributed by atoms with E-state index in [2.05, 4.69) is 12.1 Å². The Bertz CT molecular complexity index is 616. The molecule has 2 heteroatoms. The fourth-order valence-corrected chi connectivity index (χ4v) is 3.40. The summed E-state index contributed by atoms with van der Waals surface area (Å²) in [6.45, 7) is 0. The Kier molecular flexibility index (Phi) is 3.78. The molecule has 1 atom stereocenters. The molecule has 1 aliphatic rings. The first kappa shape index (κ1) is 13.9. The highest BCUT2D eigenvalue weighted by Crippen LogP contribution is 2.42. The second-order valence-electron chi connectivity index (χ2n) is 5.63. The van der Waals surface area contributed by atoms with Gasteiger partial charge in [-0.2, -0.15) is 0 Å². The summed E-state index contributed by atoms with van der Waals surface area (Å²) < 4.78 is 5.24. The Morgan fingerprint density at radius 3 is 2.19 bits per heavy atom. The van der Waals surface area contributed by atoms with Crippen molar-refractivity contribution in [2.75, 3.05) is 7.11 Å². The predicted octanol–water partition coefficient (Wildman–Crippen LogP) is 4.12.